The summed E-state index contributed by atoms with van der Waals surface area (Å²) in [6.45, 7) is 5.83. The van der Waals surface area contributed by atoms with Crippen LogP contribution < -0.4 is 9.64 Å². The van der Waals surface area contributed by atoms with Crippen LogP contribution in [0.1, 0.15) is 49.4 Å². The minimum Gasteiger partial charge on any atom is -0.486 e. The Morgan fingerprint density at radius 3 is 2.88 bits per heavy atom. The van der Waals surface area contributed by atoms with Crippen molar-refractivity contribution in [3.05, 3.63) is 76.6 Å². The minimum atomic E-state index is 0.0641. The molecule has 3 rings (SSSR count). The van der Waals surface area contributed by atoms with E-state index in [4.69, 9.17) is 21.3 Å². The molecule has 0 aliphatic heterocycles. The summed E-state index contributed by atoms with van der Waals surface area (Å²) < 4.78 is 5.48. The summed E-state index contributed by atoms with van der Waals surface area (Å²) in [4.78, 5) is 22.3. The molecule has 1 aromatic carbocycles. The molecule has 0 unspecified atom stereocenters. The lowest BCUT2D eigenvalue weighted by Gasteiger charge is -2.23. The Balaban J connectivity index is 1.84. The number of carbonyl (C=O) groups excluding carboxylic acids is 1. The summed E-state index contributed by atoms with van der Waals surface area (Å²) in [5.41, 5.74) is 4.05. The number of aryl methyl sites for hydroxylation is 1. The van der Waals surface area contributed by atoms with Crippen LogP contribution in [0.15, 0.2) is 59.8 Å². The van der Waals surface area contributed by atoms with Gasteiger partial charge in [-0.05, 0) is 42.7 Å². The van der Waals surface area contributed by atoms with Crippen molar-refractivity contribution >= 4 is 29.4 Å². The second kappa shape index (κ2) is 12.2. The van der Waals surface area contributed by atoms with Crippen LogP contribution in [0.4, 0.5) is 5.95 Å². The molecule has 0 spiro atoms. The molecule has 32 heavy (non-hydrogen) atoms. The number of unbranched alkanes of at least 4 members (excludes halogenated alkanes) is 2. The Bertz CT molecular complexity index is 1010. The lowest BCUT2D eigenvalue weighted by Crippen LogP contribution is -2.26. The molecule has 0 saturated carbocycles. The Morgan fingerprint density at radius 2 is 2.09 bits per heavy atom. The zero-order valence-corrected chi connectivity index (χ0v) is 19.5. The fraction of sp³-hybridized carbons (Fsp3) is 0.346. The number of anilines is 1. The van der Waals surface area contributed by atoms with Crippen molar-refractivity contribution < 1.29 is 9.53 Å². The van der Waals surface area contributed by atoms with Crippen LogP contribution in [-0.4, -0.2) is 29.4 Å². The Labute approximate surface area is 195 Å². The predicted octanol–water partition coefficient (Wildman–Crippen LogP) is 6.03. The molecule has 0 bridgehead atoms. The first-order valence-corrected chi connectivity index (χ1v) is 11.5. The maximum Gasteiger partial charge on any atom is 0.226 e. The van der Waals surface area contributed by atoms with E-state index in [0.29, 0.717) is 12.5 Å². The van der Waals surface area contributed by atoms with Gasteiger partial charge in [0.2, 0.25) is 5.95 Å². The molecular weight excluding hydrogens is 422 g/mol. The number of nitrogens with zero attached hydrogens (tertiary/aromatic N) is 3. The number of ether oxygens (including phenoxy) is 1. The average Bonchev–Trinajstić information content (AvgIpc) is 3.02. The number of hydrogen-bond donors (Lipinski definition) is 0. The van der Waals surface area contributed by atoms with E-state index in [9.17, 15) is 4.79 Å². The number of benzene rings is 1. The van der Waals surface area contributed by atoms with Gasteiger partial charge in [-0.3, -0.25) is 4.79 Å². The van der Waals surface area contributed by atoms with Gasteiger partial charge in [0.1, 0.15) is 12.4 Å². The first kappa shape index (κ1) is 23.7. The maximum atomic E-state index is 10.6. The van der Waals surface area contributed by atoms with E-state index >= 15 is 0 Å². The van der Waals surface area contributed by atoms with E-state index < -0.39 is 0 Å². The van der Waals surface area contributed by atoms with E-state index in [1.807, 2.05) is 43.5 Å². The van der Waals surface area contributed by atoms with Crippen LogP contribution in [0, 0.1) is 6.92 Å². The third kappa shape index (κ3) is 6.79. The van der Waals surface area contributed by atoms with Gasteiger partial charge >= 0.3 is 0 Å². The van der Waals surface area contributed by atoms with E-state index in [0.717, 1.165) is 71.7 Å². The van der Waals surface area contributed by atoms with E-state index in [1.165, 1.54) is 0 Å². The lowest BCUT2D eigenvalue weighted by molar-refractivity contribution is -0.109. The van der Waals surface area contributed by atoms with Gasteiger partial charge in [-0.15, -0.1) is 0 Å². The largest absolute Gasteiger partial charge is 0.486 e. The molecule has 1 aliphatic rings. The molecule has 2 aromatic rings. The Kier molecular flexibility index (Phi) is 9.05. The van der Waals surface area contributed by atoms with Crippen LogP contribution >= 0.6 is 11.6 Å². The molecule has 0 radical (unpaired) electrons. The van der Waals surface area contributed by atoms with Gasteiger partial charge in [0.05, 0.1) is 5.69 Å². The smallest absolute Gasteiger partial charge is 0.226 e. The molecule has 0 N–H and O–H groups in total. The lowest BCUT2D eigenvalue weighted by atomic mass is 10.1. The van der Waals surface area contributed by atoms with Gasteiger partial charge in [0.15, 0.2) is 6.29 Å². The molecule has 1 aliphatic carbocycles. The minimum absolute atomic E-state index is 0.0641. The van der Waals surface area contributed by atoms with E-state index in [1.54, 1.807) is 0 Å². The van der Waals surface area contributed by atoms with Crippen molar-refractivity contribution in [2.45, 2.75) is 46.1 Å². The zero-order chi connectivity index (χ0) is 22.8. The van der Waals surface area contributed by atoms with Crippen LogP contribution in [0.25, 0.3) is 5.57 Å². The highest BCUT2D eigenvalue weighted by Gasteiger charge is 2.13. The fourth-order valence-electron chi connectivity index (χ4n) is 3.55. The quantitative estimate of drug-likeness (QED) is 0.308. The Morgan fingerprint density at radius 1 is 1.22 bits per heavy atom. The SMILES string of the molecule is CCCCCN(Cc1ccc(OCC=O)c(C)c1)c1nccc(C2=CC=C(Cl)CC=C2)n1. The van der Waals surface area contributed by atoms with Crippen molar-refractivity contribution in [2.75, 3.05) is 18.1 Å². The summed E-state index contributed by atoms with van der Waals surface area (Å²) in [7, 11) is 0. The summed E-state index contributed by atoms with van der Waals surface area (Å²) in [6, 6.07) is 7.99. The second-order valence-electron chi connectivity index (χ2n) is 7.79. The molecule has 0 saturated heterocycles. The van der Waals surface area contributed by atoms with Gasteiger partial charge in [-0.2, -0.15) is 0 Å². The van der Waals surface area contributed by atoms with Crippen LogP contribution in [-0.2, 0) is 11.3 Å². The van der Waals surface area contributed by atoms with Crippen molar-refractivity contribution in [2.24, 2.45) is 0 Å². The molecule has 0 atom stereocenters. The van der Waals surface area contributed by atoms with Crippen molar-refractivity contribution in [3.8, 4) is 5.75 Å². The van der Waals surface area contributed by atoms with Crippen molar-refractivity contribution in [3.63, 3.8) is 0 Å². The van der Waals surface area contributed by atoms with E-state index in [2.05, 4.69) is 35.0 Å². The zero-order valence-electron chi connectivity index (χ0n) is 18.8. The number of halogens is 1. The number of aldehydes is 1. The summed E-state index contributed by atoms with van der Waals surface area (Å²) in [5, 5.41) is 0.808. The van der Waals surface area contributed by atoms with E-state index in [-0.39, 0.29) is 6.61 Å². The first-order chi connectivity index (χ1) is 15.6. The van der Waals surface area contributed by atoms with Crippen LogP contribution in [0.3, 0.4) is 0 Å². The van der Waals surface area contributed by atoms with Crippen molar-refractivity contribution in [1.29, 1.82) is 0 Å². The molecule has 1 heterocycles. The highest BCUT2D eigenvalue weighted by atomic mass is 35.5. The summed E-state index contributed by atoms with van der Waals surface area (Å²) in [5.74, 6) is 1.45. The molecule has 5 nitrogen and oxygen atoms in total. The topological polar surface area (TPSA) is 55.3 Å². The molecule has 1 aromatic heterocycles. The molecular formula is C26H30ClN3O2. The predicted molar refractivity (Wildman–Crippen MR) is 131 cm³/mol. The number of allylic oxidation sites excluding steroid dienone is 6. The second-order valence-corrected chi connectivity index (χ2v) is 8.28. The number of rotatable bonds is 11. The normalized spacial score (nSPS) is 13.2. The summed E-state index contributed by atoms with van der Waals surface area (Å²) in [6.07, 6.45) is 14.7. The highest BCUT2D eigenvalue weighted by molar-refractivity contribution is 6.29. The molecule has 6 heteroatoms. The van der Waals surface area contributed by atoms with Gasteiger partial charge in [-0.1, -0.05) is 61.7 Å². The first-order valence-electron chi connectivity index (χ1n) is 11.1. The fourth-order valence-corrected chi connectivity index (χ4v) is 3.71. The Hall–Kier alpha value is -2.92. The number of hydrogen-bond acceptors (Lipinski definition) is 5. The molecule has 168 valence electrons. The van der Waals surface area contributed by atoms with Crippen molar-refractivity contribution in [1.82, 2.24) is 9.97 Å². The van der Waals surface area contributed by atoms with Crippen LogP contribution in [0.5, 0.6) is 5.75 Å². The monoisotopic (exact) mass is 451 g/mol. The van der Waals surface area contributed by atoms with Gasteiger partial charge in [0, 0.05) is 36.3 Å². The maximum absolute atomic E-state index is 10.6. The number of aromatic nitrogens is 2. The molecule has 0 amide bonds. The molecule has 0 fully saturated rings. The van der Waals surface area contributed by atoms with Gasteiger partial charge < -0.3 is 9.64 Å². The average molecular weight is 452 g/mol. The standard InChI is InChI=1S/C26H30ClN3O2/c1-3-4-5-15-30(19-21-9-12-25(20(2)18-21)32-17-16-31)26-28-14-13-24(29-26)22-7-6-8-23(27)11-10-22/h6-7,9-14,16,18H,3-5,8,15,17,19H2,1-2H3. The third-order valence-electron chi connectivity index (χ3n) is 5.23. The third-order valence-corrected chi connectivity index (χ3v) is 5.51. The van der Waals surface area contributed by atoms with Crippen LogP contribution in [0.2, 0.25) is 0 Å². The number of carbonyl (C=O) groups is 1. The highest BCUT2D eigenvalue weighted by Crippen LogP contribution is 2.24. The van der Waals surface area contributed by atoms with Gasteiger partial charge in [0.25, 0.3) is 0 Å². The van der Waals surface area contributed by atoms with Gasteiger partial charge in [-0.25, -0.2) is 9.97 Å². The summed E-state index contributed by atoms with van der Waals surface area (Å²) >= 11 is 6.17.